The third kappa shape index (κ3) is 5.89. The third-order valence-corrected chi connectivity index (χ3v) is 7.12. The molecule has 0 spiro atoms. The molecule has 8 nitrogen and oxygen atoms in total. The van der Waals surface area contributed by atoms with Crippen LogP contribution in [0.1, 0.15) is 70.7 Å². The molecule has 2 heterocycles. The minimum Gasteiger partial charge on any atom is -0.496 e. The van der Waals surface area contributed by atoms with E-state index in [0.29, 0.717) is 23.5 Å². The van der Waals surface area contributed by atoms with Gasteiger partial charge >= 0.3 is 5.69 Å². The van der Waals surface area contributed by atoms with Crippen molar-refractivity contribution in [2.45, 2.75) is 78.9 Å². The Morgan fingerprint density at radius 2 is 1.86 bits per heavy atom. The molecule has 1 N–H and O–H groups in total. The van der Waals surface area contributed by atoms with Crippen molar-refractivity contribution in [2.24, 2.45) is 5.92 Å². The Labute approximate surface area is 214 Å². The number of aliphatic hydroxyl groups excluding tert-OH is 1. The summed E-state index contributed by atoms with van der Waals surface area (Å²) in [5.41, 5.74) is 0.826. The second-order valence-corrected chi connectivity index (χ2v) is 10.3. The quantitative estimate of drug-likeness (QED) is 0.469. The highest BCUT2D eigenvalue weighted by atomic mass is 79.9. The molecule has 0 bridgehead atoms. The maximum atomic E-state index is 13.1. The van der Waals surface area contributed by atoms with E-state index in [-0.39, 0.29) is 31.2 Å². The second kappa shape index (κ2) is 12.0. The van der Waals surface area contributed by atoms with Gasteiger partial charge in [-0.05, 0) is 46.5 Å². The first-order valence-electron chi connectivity index (χ1n) is 12.4. The molecule has 0 amide bonds. The van der Waals surface area contributed by atoms with Crippen molar-refractivity contribution in [3.05, 3.63) is 54.9 Å². The highest BCUT2D eigenvalue weighted by Crippen LogP contribution is 2.27. The molecule has 9 heteroatoms. The highest BCUT2D eigenvalue weighted by molar-refractivity contribution is 9.10. The number of hydrogen-bond donors (Lipinski definition) is 1. The van der Waals surface area contributed by atoms with E-state index in [1.807, 2.05) is 36.6 Å². The average molecular weight is 550 g/mol. The van der Waals surface area contributed by atoms with Crippen LogP contribution in [-0.2, 0) is 19.6 Å². The lowest BCUT2D eigenvalue weighted by atomic mass is 10.2. The van der Waals surface area contributed by atoms with Gasteiger partial charge in [-0.2, -0.15) is 0 Å². The van der Waals surface area contributed by atoms with E-state index < -0.39 is 5.69 Å². The molecule has 1 aliphatic rings. The standard InChI is InChI=1S/C20H25BrN4O4.C6H12/c1-5-23-19(27)16-18(24(8-9-26)20(23)28)22-17(12(2)3)25(16)11-13-6-7-15(29-4)14(21)10-13;1-6-4-2-3-5-6/h6-7,10,12,26H,5,8-9,11H2,1-4H3;6H,2-5H2,1H3. The number of methoxy groups -OCH3 is 1. The Balaban J connectivity index is 0.000000497. The lowest BCUT2D eigenvalue weighted by Gasteiger charge is -2.13. The zero-order chi connectivity index (χ0) is 25.7. The number of hydrogen-bond acceptors (Lipinski definition) is 5. The SMILES string of the molecule is CC1CCCC1.CCn1c(=O)c2c(nc(C(C)C)n2Cc2ccc(OC)c(Br)c2)n(CCO)c1=O. The Morgan fingerprint density at radius 1 is 1.17 bits per heavy atom. The van der Waals surface area contributed by atoms with Crippen molar-refractivity contribution >= 4 is 27.1 Å². The van der Waals surface area contributed by atoms with Gasteiger partial charge in [0.25, 0.3) is 5.56 Å². The number of imidazole rings is 1. The van der Waals surface area contributed by atoms with Crippen molar-refractivity contribution in [1.82, 2.24) is 18.7 Å². The number of rotatable bonds is 7. The van der Waals surface area contributed by atoms with Crippen molar-refractivity contribution < 1.29 is 9.84 Å². The summed E-state index contributed by atoms with van der Waals surface area (Å²) in [7, 11) is 1.60. The third-order valence-electron chi connectivity index (χ3n) is 6.50. The summed E-state index contributed by atoms with van der Waals surface area (Å²) in [6.45, 7) is 8.61. The summed E-state index contributed by atoms with van der Waals surface area (Å²) in [4.78, 5) is 30.5. The monoisotopic (exact) mass is 548 g/mol. The van der Waals surface area contributed by atoms with Gasteiger partial charge in [-0.3, -0.25) is 13.9 Å². The summed E-state index contributed by atoms with van der Waals surface area (Å²) in [5.74, 6) is 2.52. The van der Waals surface area contributed by atoms with Crippen LogP contribution >= 0.6 is 15.9 Å². The lowest BCUT2D eigenvalue weighted by Crippen LogP contribution is -2.40. The molecule has 2 aromatic heterocycles. The van der Waals surface area contributed by atoms with E-state index in [9.17, 15) is 14.7 Å². The molecule has 0 atom stereocenters. The molecule has 192 valence electrons. The molecule has 35 heavy (non-hydrogen) atoms. The normalized spacial score (nSPS) is 13.9. The van der Waals surface area contributed by atoms with Gasteiger partial charge in [0.05, 0.1) is 24.7 Å². The Morgan fingerprint density at radius 3 is 2.34 bits per heavy atom. The maximum absolute atomic E-state index is 13.1. The number of aromatic nitrogens is 4. The second-order valence-electron chi connectivity index (χ2n) is 9.45. The summed E-state index contributed by atoms with van der Waals surface area (Å²) in [5, 5.41) is 9.44. The average Bonchev–Trinajstić information content (AvgIpc) is 3.45. The minimum absolute atomic E-state index is 0.0382. The number of ether oxygens (including phenoxy) is 1. The summed E-state index contributed by atoms with van der Waals surface area (Å²) >= 11 is 3.50. The van der Waals surface area contributed by atoms with Crippen LogP contribution in [0.25, 0.3) is 11.2 Å². The van der Waals surface area contributed by atoms with Crippen LogP contribution in [-0.4, -0.2) is 37.5 Å². The van der Waals surface area contributed by atoms with Gasteiger partial charge in [-0.15, -0.1) is 0 Å². The highest BCUT2D eigenvalue weighted by Gasteiger charge is 2.22. The lowest BCUT2D eigenvalue weighted by molar-refractivity contribution is 0.274. The van der Waals surface area contributed by atoms with Crippen LogP contribution in [0.15, 0.2) is 32.3 Å². The van der Waals surface area contributed by atoms with E-state index >= 15 is 0 Å². The van der Waals surface area contributed by atoms with Gasteiger partial charge in [0.2, 0.25) is 0 Å². The molecule has 1 aromatic carbocycles. The van der Waals surface area contributed by atoms with Gasteiger partial charge in [0.15, 0.2) is 11.2 Å². The van der Waals surface area contributed by atoms with Gasteiger partial charge in [-0.1, -0.05) is 52.5 Å². The number of benzene rings is 1. The predicted molar refractivity (Wildman–Crippen MR) is 143 cm³/mol. The smallest absolute Gasteiger partial charge is 0.332 e. The number of aliphatic hydroxyl groups is 1. The van der Waals surface area contributed by atoms with Crippen LogP contribution in [0.3, 0.4) is 0 Å². The first-order chi connectivity index (χ1) is 16.7. The maximum Gasteiger partial charge on any atom is 0.332 e. The fourth-order valence-electron chi connectivity index (χ4n) is 4.61. The van der Waals surface area contributed by atoms with Gasteiger partial charge < -0.3 is 14.4 Å². The van der Waals surface area contributed by atoms with Gasteiger partial charge in [0.1, 0.15) is 11.6 Å². The zero-order valence-corrected chi connectivity index (χ0v) is 23.0. The fraction of sp³-hybridized carbons (Fsp3) is 0.577. The topological polar surface area (TPSA) is 91.3 Å². The molecule has 0 saturated heterocycles. The number of fused-ring (bicyclic) bond motifs is 1. The minimum atomic E-state index is -0.453. The Bertz CT molecular complexity index is 1270. The van der Waals surface area contributed by atoms with E-state index in [2.05, 4.69) is 27.8 Å². The van der Waals surface area contributed by atoms with Gasteiger partial charge in [-0.25, -0.2) is 9.78 Å². The molecule has 1 aliphatic carbocycles. The summed E-state index contributed by atoms with van der Waals surface area (Å²) < 4.78 is 10.5. The molecule has 1 fully saturated rings. The zero-order valence-electron chi connectivity index (χ0n) is 21.4. The van der Waals surface area contributed by atoms with Crippen molar-refractivity contribution in [1.29, 1.82) is 0 Å². The molecular weight excluding hydrogens is 512 g/mol. The molecule has 0 radical (unpaired) electrons. The first kappa shape index (κ1) is 27.2. The summed E-state index contributed by atoms with van der Waals surface area (Å²) in [6.07, 6.45) is 5.95. The number of nitrogens with zero attached hydrogens (tertiary/aromatic N) is 4. The Kier molecular flexibility index (Phi) is 9.35. The fourth-order valence-corrected chi connectivity index (χ4v) is 5.20. The van der Waals surface area contributed by atoms with Crippen LogP contribution in [0, 0.1) is 5.92 Å². The van der Waals surface area contributed by atoms with Crippen molar-refractivity contribution in [3.63, 3.8) is 0 Å². The van der Waals surface area contributed by atoms with Crippen molar-refractivity contribution in [2.75, 3.05) is 13.7 Å². The molecule has 0 aliphatic heterocycles. The van der Waals surface area contributed by atoms with E-state index in [1.54, 1.807) is 14.0 Å². The molecule has 1 saturated carbocycles. The molecule has 4 rings (SSSR count). The molecule has 0 unspecified atom stereocenters. The molecule has 3 aromatic rings. The predicted octanol–water partition coefficient (Wildman–Crippen LogP) is 4.51. The van der Waals surface area contributed by atoms with E-state index in [4.69, 9.17) is 4.74 Å². The summed E-state index contributed by atoms with van der Waals surface area (Å²) in [6, 6.07) is 5.73. The van der Waals surface area contributed by atoms with Crippen LogP contribution in [0.5, 0.6) is 5.75 Å². The Hall–Kier alpha value is -2.39. The van der Waals surface area contributed by atoms with E-state index in [1.165, 1.54) is 34.8 Å². The van der Waals surface area contributed by atoms with Crippen LogP contribution < -0.4 is 16.0 Å². The van der Waals surface area contributed by atoms with Crippen molar-refractivity contribution in [3.8, 4) is 5.75 Å². The van der Waals surface area contributed by atoms with Crippen LogP contribution in [0.2, 0.25) is 0 Å². The first-order valence-corrected chi connectivity index (χ1v) is 13.2. The van der Waals surface area contributed by atoms with Gasteiger partial charge in [0, 0.05) is 19.0 Å². The van der Waals surface area contributed by atoms with Crippen LogP contribution in [0.4, 0.5) is 0 Å². The number of halogens is 1. The molecular formula is C26H37BrN4O4. The van der Waals surface area contributed by atoms with E-state index in [0.717, 1.165) is 21.7 Å². The largest absolute Gasteiger partial charge is 0.496 e.